The number of pyridine rings is 1. The number of amides is 1. The normalized spacial score (nSPS) is 9.79. The number of rotatable bonds is 5. The molecule has 1 rings (SSSR count). The van der Waals surface area contributed by atoms with Crippen molar-refractivity contribution in [2.45, 2.75) is 13.3 Å². The predicted octanol–water partition coefficient (Wildman–Crippen LogP) is 0.840. The van der Waals surface area contributed by atoms with Gasteiger partial charge in [0, 0.05) is 20.6 Å². The Morgan fingerprint density at radius 2 is 2.16 bits per heavy atom. The lowest BCUT2D eigenvalue weighted by atomic mass is 10.3. The van der Waals surface area contributed by atoms with Gasteiger partial charge < -0.3 is 15.5 Å². The van der Waals surface area contributed by atoms with Crippen LogP contribution in [0.2, 0.25) is 0 Å². The van der Waals surface area contributed by atoms with Crippen molar-refractivity contribution in [3.05, 3.63) is 17.8 Å². The Hall–Kier alpha value is -2.29. The summed E-state index contributed by atoms with van der Waals surface area (Å²) in [7, 11) is 3.42. The number of nitrogen functional groups attached to an aromatic ring is 1. The van der Waals surface area contributed by atoms with Gasteiger partial charge in [-0.15, -0.1) is 0 Å². The number of likely N-dealkylation sites (N-methyl/N-ethyl adjacent to an activating group) is 1. The molecule has 0 saturated carbocycles. The number of nitrogens with two attached hydrogens (primary N) is 1. The molecule has 1 aromatic rings. The summed E-state index contributed by atoms with van der Waals surface area (Å²) >= 11 is 0. The Morgan fingerprint density at radius 1 is 1.47 bits per heavy atom. The SMILES string of the molecule is CCCN(CC(=O)N(C)C)c1ccc(N)c(C#N)n1. The maximum atomic E-state index is 11.8. The molecule has 19 heavy (non-hydrogen) atoms. The van der Waals surface area contributed by atoms with E-state index < -0.39 is 0 Å². The zero-order valence-corrected chi connectivity index (χ0v) is 11.6. The first kappa shape index (κ1) is 14.8. The zero-order chi connectivity index (χ0) is 14.4. The fraction of sp³-hybridized carbons (Fsp3) is 0.462. The van der Waals surface area contributed by atoms with Crippen molar-refractivity contribution in [2.24, 2.45) is 0 Å². The fourth-order valence-electron chi connectivity index (χ4n) is 1.57. The van der Waals surface area contributed by atoms with E-state index in [1.54, 1.807) is 26.2 Å². The lowest BCUT2D eigenvalue weighted by molar-refractivity contribution is -0.127. The van der Waals surface area contributed by atoms with Crippen LogP contribution in [0.5, 0.6) is 0 Å². The Morgan fingerprint density at radius 3 is 2.68 bits per heavy atom. The van der Waals surface area contributed by atoms with Crippen LogP contribution >= 0.6 is 0 Å². The van der Waals surface area contributed by atoms with E-state index >= 15 is 0 Å². The number of carbonyl (C=O) groups excluding carboxylic acids is 1. The van der Waals surface area contributed by atoms with Crippen molar-refractivity contribution in [3.63, 3.8) is 0 Å². The Balaban J connectivity index is 2.99. The average Bonchev–Trinajstić information content (AvgIpc) is 2.38. The van der Waals surface area contributed by atoms with Gasteiger partial charge in [-0.1, -0.05) is 6.92 Å². The van der Waals surface area contributed by atoms with Crippen molar-refractivity contribution < 1.29 is 4.79 Å². The van der Waals surface area contributed by atoms with Gasteiger partial charge >= 0.3 is 0 Å². The summed E-state index contributed by atoms with van der Waals surface area (Å²) < 4.78 is 0. The molecular formula is C13H19N5O. The molecule has 2 N–H and O–H groups in total. The van der Waals surface area contributed by atoms with Crippen LogP contribution in [-0.2, 0) is 4.79 Å². The molecule has 1 amide bonds. The van der Waals surface area contributed by atoms with Gasteiger partial charge in [-0.3, -0.25) is 4.79 Å². The number of aromatic nitrogens is 1. The van der Waals surface area contributed by atoms with E-state index in [0.717, 1.165) is 6.42 Å². The molecule has 0 spiro atoms. The van der Waals surface area contributed by atoms with E-state index in [4.69, 9.17) is 11.0 Å². The van der Waals surface area contributed by atoms with Crippen LogP contribution < -0.4 is 10.6 Å². The lowest BCUT2D eigenvalue weighted by Crippen LogP contribution is -2.37. The molecule has 102 valence electrons. The molecule has 1 aromatic heterocycles. The van der Waals surface area contributed by atoms with Crippen molar-refractivity contribution >= 4 is 17.4 Å². The van der Waals surface area contributed by atoms with E-state index in [0.29, 0.717) is 18.1 Å². The van der Waals surface area contributed by atoms with Gasteiger partial charge in [0.2, 0.25) is 5.91 Å². The molecule has 0 aliphatic rings. The zero-order valence-electron chi connectivity index (χ0n) is 11.6. The monoisotopic (exact) mass is 261 g/mol. The van der Waals surface area contributed by atoms with Crippen LogP contribution in [0, 0.1) is 11.3 Å². The molecule has 1 heterocycles. The summed E-state index contributed by atoms with van der Waals surface area (Å²) in [6.07, 6.45) is 0.884. The van der Waals surface area contributed by atoms with Gasteiger partial charge in [0.1, 0.15) is 11.9 Å². The first-order valence-corrected chi connectivity index (χ1v) is 6.11. The van der Waals surface area contributed by atoms with E-state index in [-0.39, 0.29) is 18.1 Å². The highest BCUT2D eigenvalue weighted by Gasteiger charge is 2.14. The first-order valence-electron chi connectivity index (χ1n) is 6.11. The minimum absolute atomic E-state index is 0.00872. The molecule has 0 aliphatic heterocycles. The summed E-state index contributed by atoms with van der Waals surface area (Å²) in [4.78, 5) is 19.4. The second-order valence-corrected chi connectivity index (χ2v) is 4.43. The Bertz CT molecular complexity index is 492. The van der Waals surface area contributed by atoms with Crippen LogP contribution in [0.25, 0.3) is 0 Å². The summed E-state index contributed by atoms with van der Waals surface area (Å²) in [5, 5.41) is 8.94. The average molecular weight is 261 g/mol. The molecule has 0 unspecified atom stereocenters. The largest absolute Gasteiger partial charge is 0.396 e. The smallest absolute Gasteiger partial charge is 0.241 e. The maximum absolute atomic E-state index is 11.8. The predicted molar refractivity (Wildman–Crippen MR) is 74.6 cm³/mol. The third-order valence-electron chi connectivity index (χ3n) is 2.66. The third kappa shape index (κ3) is 3.85. The van der Waals surface area contributed by atoms with Gasteiger partial charge in [0.25, 0.3) is 0 Å². The van der Waals surface area contributed by atoms with Crippen LogP contribution in [0.4, 0.5) is 11.5 Å². The number of hydrogen-bond donors (Lipinski definition) is 1. The number of hydrogen-bond acceptors (Lipinski definition) is 5. The topological polar surface area (TPSA) is 86.3 Å². The summed E-state index contributed by atoms with van der Waals surface area (Å²) in [5.74, 6) is 0.591. The molecule has 6 heteroatoms. The van der Waals surface area contributed by atoms with Crippen LogP contribution in [-0.4, -0.2) is 43.0 Å². The molecule has 0 atom stereocenters. The molecule has 0 aromatic carbocycles. The molecular weight excluding hydrogens is 242 g/mol. The van der Waals surface area contributed by atoms with Crippen molar-refractivity contribution in [1.29, 1.82) is 5.26 Å². The number of nitriles is 1. The number of carbonyl (C=O) groups is 1. The maximum Gasteiger partial charge on any atom is 0.241 e. The third-order valence-corrected chi connectivity index (χ3v) is 2.66. The highest BCUT2D eigenvalue weighted by molar-refractivity contribution is 5.80. The van der Waals surface area contributed by atoms with Crippen LogP contribution in [0.15, 0.2) is 12.1 Å². The molecule has 0 bridgehead atoms. The van der Waals surface area contributed by atoms with E-state index in [9.17, 15) is 4.79 Å². The van der Waals surface area contributed by atoms with Gasteiger partial charge in [0.05, 0.1) is 12.2 Å². The van der Waals surface area contributed by atoms with Crippen molar-refractivity contribution in [3.8, 4) is 6.07 Å². The highest BCUT2D eigenvalue weighted by Crippen LogP contribution is 2.16. The molecule has 0 aliphatic carbocycles. The van der Waals surface area contributed by atoms with Gasteiger partial charge in [-0.2, -0.15) is 5.26 Å². The molecule has 6 nitrogen and oxygen atoms in total. The number of nitrogens with zero attached hydrogens (tertiary/aromatic N) is 4. The minimum Gasteiger partial charge on any atom is -0.396 e. The minimum atomic E-state index is -0.00872. The Labute approximate surface area is 113 Å². The summed E-state index contributed by atoms with van der Waals surface area (Å²) in [5.41, 5.74) is 6.18. The summed E-state index contributed by atoms with van der Waals surface area (Å²) in [6.45, 7) is 2.96. The standard InChI is InChI=1S/C13H19N5O/c1-4-7-18(9-13(19)17(2)3)12-6-5-10(15)11(8-14)16-12/h5-6H,4,7,9,15H2,1-3H3. The number of anilines is 2. The summed E-state index contributed by atoms with van der Waals surface area (Å²) in [6, 6.07) is 5.32. The molecule has 0 saturated heterocycles. The van der Waals surface area contributed by atoms with E-state index in [1.165, 1.54) is 4.90 Å². The van der Waals surface area contributed by atoms with Gasteiger partial charge in [0.15, 0.2) is 5.69 Å². The second-order valence-electron chi connectivity index (χ2n) is 4.43. The van der Waals surface area contributed by atoms with E-state index in [2.05, 4.69) is 4.98 Å². The molecule has 0 fully saturated rings. The highest BCUT2D eigenvalue weighted by atomic mass is 16.2. The second kappa shape index (κ2) is 6.59. The quantitative estimate of drug-likeness (QED) is 0.848. The Kier molecular flexibility index (Phi) is 5.12. The van der Waals surface area contributed by atoms with Crippen LogP contribution in [0.3, 0.4) is 0 Å². The van der Waals surface area contributed by atoms with E-state index in [1.807, 2.05) is 17.9 Å². The lowest BCUT2D eigenvalue weighted by Gasteiger charge is -2.24. The van der Waals surface area contributed by atoms with Crippen molar-refractivity contribution in [2.75, 3.05) is 37.8 Å². The van der Waals surface area contributed by atoms with Crippen LogP contribution in [0.1, 0.15) is 19.0 Å². The first-order chi connectivity index (χ1) is 8.99. The molecule has 0 radical (unpaired) electrons. The van der Waals surface area contributed by atoms with Gasteiger partial charge in [-0.05, 0) is 18.6 Å². The van der Waals surface area contributed by atoms with Gasteiger partial charge in [-0.25, -0.2) is 4.98 Å². The fourth-order valence-corrected chi connectivity index (χ4v) is 1.57. The van der Waals surface area contributed by atoms with Crippen molar-refractivity contribution in [1.82, 2.24) is 9.88 Å².